The zero-order chi connectivity index (χ0) is 17.0. The van der Waals surface area contributed by atoms with E-state index in [2.05, 4.69) is 15.6 Å². The summed E-state index contributed by atoms with van der Waals surface area (Å²) in [4.78, 5) is 28.2. The number of rotatable bonds is 4. The lowest BCUT2D eigenvalue weighted by molar-refractivity contribution is 0.0943. The van der Waals surface area contributed by atoms with Gasteiger partial charge in [-0.25, -0.2) is 0 Å². The molecule has 0 saturated heterocycles. The number of carbonyl (C=O) groups excluding carboxylic acids is 2. The van der Waals surface area contributed by atoms with Crippen LogP contribution in [0, 0.1) is 0 Å². The van der Waals surface area contributed by atoms with Gasteiger partial charge in [-0.1, -0.05) is 29.3 Å². The Bertz CT molecular complexity index is 748. The summed E-state index contributed by atoms with van der Waals surface area (Å²) >= 11 is 11.9. The van der Waals surface area contributed by atoms with Gasteiger partial charge in [0.2, 0.25) is 0 Å². The minimum Gasteiger partial charge on any atom is -0.350 e. The van der Waals surface area contributed by atoms with Gasteiger partial charge in [0.25, 0.3) is 11.8 Å². The van der Waals surface area contributed by atoms with Gasteiger partial charge in [-0.2, -0.15) is 0 Å². The molecule has 1 heterocycles. The van der Waals surface area contributed by atoms with E-state index in [1.807, 2.05) is 13.8 Å². The Morgan fingerprint density at radius 3 is 2.57 bits per heavy atom. The molecule has 0 aliphatic heterocycles. The number of halogens is 2. The summed E-state index contributed by atoms with van der Waals surface area (Å²) in [5.41, 5.74) is 0.844. The van der Waals surface area contributed by atoms with Crippen LogP contribution in [0.2, 0.25) is 10.0 Å². The van der Waals surface area contributed by atoms with Crippen molar-refractivity contribution in [1.82, 2.24) is 10.3 Å². The molecule has 2 amide bonds. The SMILES string of the molecule is CC(C)NC(=O)c1ccnc(C(=O)Nc2cccc(Cl)c2Cl)c1. The van der Waals surface area contributed by atoms with E-state index in [0.29, 0.717) is 16.3 Å². The van der Waals surface area contributed by atoms with Crippen LogP contribution >= 0.6 is 23.2 Å². The van der Waals surface area contributed by atoms with Crippen LogP contribution in [0.1, 0.15) is 34.7 Å². The van der Waals surface area contributed by atoms with E-state index in [9.17, 15) is 9.59 Å². The van der Waals surface area contributed by atoms with E-state index < -0.39 is 5.91 Å². The van der Waals surface area contributed by atoms with E-state index in [4.69, 9.17) is 23.2 Å². The third-order valence-corrected chi connectivity index (χ3v) is 3.69. The van der Waals surface area contributed by atoms with Crippen molar-refractivity contribution in [3.05, 3.63) is 57.8 Å². The zero-order valence-corrected chi connectivity index (χ0v) is 14.1. The number of amides is 2. The Labute approximate surface area is 144 Å². The first-order chi connectivity index (χ1) is 10.9. The molecule has 0 spiro atoms. The monoisotopic (exact) mass is 351 g/mol. The van der Waals surface area contributed by atoms with E-state index >= 15 is 0 Å². The predicted molar refractivity (Wildman–Crippen MR) is 91.3 cm³/mol. The van der Waals surface area contributed by atoms with E-state index in [0.717, 1.165) is 0 Å². The molecule has 2 rings (SSSR count). The van der Waals surface area contributed by atoms with E-state index in [1.165, 1.54) is 12.3 Å². The lowest BCUT2D eigenvalue weighted by Crippen LogP contribution is -2.30. The van der Waals surface area contributed by atoms with Gasteiger partial charge >= 0.3 is 0 Å². The number of pyridine rings is 1. The number of aromatic nitrogens is 1. The Kier molecular flexibility index (Phi) is 5.58. The average molecular weight is 352 g/mol. The summed E-state index contributed by atoms with van der Waals surface area (Å²) in [7, 11) is 0. The van der Waals surface area contributed by atoms with Crippen LogP contribution < -0.4 is 10.6 Å². The molecule has 2 aromatic rings. The van der Waals surface area contributed by atoms with Crippen LogP contribution in [0.3, 0.4) is 0 Å². The maximum absolute atomic E-state index is 12.3. The van der Waals surface area contributed by atoms with Crippen molar-refractivity contribution >= 4 is 40.7 Å². The minimum atomic E-state index is -0.478. The topological polar surface area (TPSA) is 71.1 Å². The number of nitrogens with zero attached hydrogens (tertiary/aromatic N) is 1. The van der Waals surface area contributed by atoms with Crippen LogP contribution in [-0.2, 0) is 0 Å². The fourth-order valence-electron chi connectivity index (χ4n) is 1.83. The number of hydrogen-bond donors (Lipinski definition) is 2. The first-order valence-electron chi connectivity index (χ1n) is 6.90. The normalized spacial score (nSPS) is 10.5. The van der Waals surface area contributed by atoms with Crippen LogP contribution in [-0.4, -0.2) is 22.8 Å². The molecular formula is C16H15Cl2N3O2. The number of anilines is 1. The molecule has 2 N–H and O–H groups in total. The molecule has 7 heteroatoms. The Hall–Kier alpha value is -2.11. The second kappa shape index (κ2) is 7.44. The van der Waals surface area contributed by atoms with Crippen LogP contribution in [0.5, 0.6) is 0 Å². The van der Waals surface area contributed by atoms with E-state index in [1.54, 1.807) is 24.3 Å². The summed E-state index contributed by atoms with van der Waals surface area (Å²) in [5, 5.41) is 5.96. The van der Waals surface area contributed by atoms with Gasteiger partial charge in [-0.05, 0) is 38.1 Å². The van der Waals surface area contributed by atoms with Crippen molar-refractivity contribution in [2.24, 2.45) is 0 Å². The molecule has 0 unspecified atom stereocenters. The van der Waals surface area contributed by atoms with Gasteiger partial charge in [-0.15, -0.1) is 0 Å². The van der Waals surface area contributed by atoms with Crippen LogP contribution in [0.15, 0.2) is 36.5 Å². The van der Waals surface area contributed by atoms with Crippen LogP contribution in [0.4, 0.5) is 5.69 Å². The standard InChI is InChI=1S/C16H15Cl2N3O2/c1-9(2)20-15(22)10-6-7-19-13(8-10)16(23)21-12-5-3-4-11(17)14(12)18/h3-9H,1-2H3,(H,20,22)(H,21,23). The molecule has 0 bridgehead atoms. The fourth-order valence-corrected chi connectivity index (χ4v) is 2.18. The summed E-state index contributed by atoms with van der Waals surface area (Å²) < 4.78 is 0. The smallest absolute Gasteiger partial charge is 0.274 e. The molecule has 0 fully saturated rings. The van der Waals surface area contributed by atoms with Gasteiger partial charge in [0.1, 0.15) is 5.69 Å². The summed E-state index contributed by atoms with van der Waals surface area (Å²) in [6, 6.07) is 7.88. The molecule has 1 aromatic heterocycles. The highest BCUT2D eigenvalue weighted by Gasteiger charge is 2.14. The van der Waals surface area contributed by atoms with E-state index in [-0.39, 0.29) is 22.7 Å². The van der Waals surface area contributed by atoms with Gasteiger partial charge in [0.05, 0.1) is 15.7 Å². The highest BCUT2D eigenvalue weighted by atomic mass is 35.5. The lowest BCUT2D eigenvalue weighted by atomic mass is 10.2. The molecule has 5 nitrogen and oxygen atoms in total. The Morgan fingerprint density at radius 2 is 1.87 bits per heavy atom. The number of hydrogen-bond acceptors (Lipinski definition) is 3. The van der Waals surface area contributed by atoms with Gasteiger partial charge < -0.3 is 10.6 Å². The van der Waals surface area contributed by atoms with Crippen LogP contribution in [0.25, 0.3) is 0 Å². The number of benzene rings is 1. The van der Waals surface area contributed by atoms with Crippen molar-refractivity contribution in [3.8, 4) is 0 Å². The third kappa shape index (κ3) is 4.43. The molecule has 0 saturated carbocycles. The maximum Gasteiger partial charge on any atom is 0.274 e. The van der Waals surface area contributed by atoms with Crippen molar-refractivity contribution in [2.45, 2.75) is 19.9 Å². The largest absolute Gasteiger partial charge is 0.350 e. The molecular weight excluding hydrogens is 337 g/mol. The average Bonchev–Trinajstić information content (AvgIpc) is 2.51. The fraction of sp³-hybridized carbons (Fsp3) is 0.188. The number of nitrogens with one attached hydrogen (secondary N) is 2. The molecule has 0 aliphatic rings. The molecule has 120 valence electrons. The van der Waals surface area contributed by atoms with Crippen molar-refractivity contribution < 1.29 is 9.59 Å². The van der Waals surface area contributed by atoms with Crippen molar-refractivity contribution in [2.75, 3.05) is 5.32 Å². The first-order valence-corrected chi connectivity index (χ1v) is 7.66. The second-order valence-electron chi connectivity index (χ2n) is 5.11. The molecule has 0 radical (unpaired) electrons. The molecule has 23 heavy (non-hydrogen) atoms. The third-order valence-electron chi connectivity index (χ3n) is 2.87. The molecule has 1 aromatic carbocycles. The first kappa shape index (κ1) is 17.2. The maximum atomic E-state index is 12.3. The minimum absolute atomic E-state index is 0.00166. The molecule has 0 atom stereocenters. The van der Waals surface area contributed by atoms with Crippen molar-refractivity contribution in [3.63, 3.8) is 0 Å². The Balaban J connectivity index is 2.20. The lowest BCUT2D eigenvalue weighted by Gasteiger charge is -2.10. The Morgan fingerprint density at radius 1 is 1.13 bits per heavy atom. The quantitative estimate of drug-likeness (QED) is 0.880. The van der Waals surface area contributed by atoms with Gasteiger partial charge in [-0.3, -0.25) is 14.6 Å². The summed E-state index contributed by atoms with van der Waals surface area (Å²) in [5.74, 6) is -0.745. The summed E-state index contributed by atoms with van der Waals surface area (Å²) in [6.07, 6.45) is 1.41. The molecule has 0 aliphatic carbocycles. The zero-order valence-electron chi connectivity index (χ0n) is 12.6. The second-order valence-corrected chi connectivity index (χ2v) is 5.90. The van der Waals surface area contributed by atoms with Gasteiger partial charge in [0, 0.05) is 17.8 Å². The predicted octanol–water partition coefficient (Wildman–Crippen LogP) is 3.78. The highest BCUT2D eigenvalue weighted by molar-refractivity contribution is 6.44. The van der Waals surface area contributed by atoms with Gasteiger partial charge in [0.15, 0.2) is 0 Å². The summed E-state index contributed by atoms with van der Waals surface area (Å²) in [6.45, 7) is 3.71. The van der Waals surface area contributed by atoms with Crippen molar-refractivity contribution in [1.29, 1.82) is 0 Å². The number of carbonyl (C=O) groups is 2. The highest BCUT2D eigenvalue weighted by Crippen LogP contribution is 2.29.